The first kappa shape index (κ1) is 18.7. The normalized spacial score (nSPS) is 11.0. The molecule has 8 heteroatoms. The van der Waals surface area contributed by atoms with E-state index in [1.54, 1.807) is 34.6 Å². The Hall–Kier alpha value is -3.68. The van der Waals surface area contributed by atoms with Crippen LogP contribution in [0.25, 0.3) is 22.2 Å². The third-order valence-electron chi connectivity index (χ3n) is 4.65. The van der Waals surface area contributed by atoms with E-state index in [2.05, 4.69) is 15.5 Å². The highest BCUT2D eigenvalue weighted by molar-refractivity contribution is 5.95. The van der Waals surface area contributed by atoms with E-state index >= 15 is 0 Å². The molecule has 0 radical (unpaired) electrons. The van der Waals surface area contributed by atoms with Gasteiger partial charge in [0.05, 0.1) is 18.3 Å². The minimum absolute atomic E-state index is 0.0172. The van der Waals surface area contributed by atoms with Gasteiger partial charge in [0.15, 0.2) is 11.6 Å². The van der Waals surface area contributed by atoms with E-state index in [1.807, 2.05) is 31.2 Å². The predicted molar refractivity (Wildman–Crippen MR) is 108 cm³/mol. The number of halogens is 1. The fourth-order valence-corrected chi connectivity index (χ4v) is 3.32. The van der Waals surface area contributed by atoms with Crippen LogP contribution in [0.2, 0.25) is 0 Å². The van der Waals surface area contributed by atoms with Crippen molar-refractivity contribution < 1.29 is 13.9 Å². The van der Waals surface area contributed by atoms with Crippen LogP contribution in [0.3, 0.4) is 0 Å². The van der Waals surface area contributed by atoms with Gasteiger partial charge in [0.1, 0.15) is 18.1 Å². The van der Waals surface area contributed by atoms with Crippen molar-refractivity contribution in [2.75, 3.05) is 12.4 Å². The molecule has 0 saturated carbocycles. The van der Waals surface area contributed by atoms with Crippen LogP contribution in [0.4, 0.5) is 10.2 Å². The van der Waals surface area contributed by atoms with E-state index in [0.717, 1.165) is 16.6 Å². The molecule has 0 saturated heterocycles. The Kier molecular flexibility index (Phi) is 4.75. The van der Waals surface area contributed by atoms with Crippen LogP contribution >= 0.6 is 0 Å². The lowest BCUT2D eigenvalue weighted by Gasteiger charge is -2.06. The number of nitrogens with zero attached hydrogens (tertiary/aromatic N) is 4. The quantitative estimate of drug-likeness (QED) is 0.563. The molecular formula is C21H20FN5O2. The summed E-state index contributed by atoms with van der Waals surface area (Å²) < 4.78 is 22.4. The highest BCUT2D eigenvalue weighted by Crippen LogP contribution is 2.30. The van der Waals surface area contributed by atoms with Gasteiger partial charge in [-0.3, -0.25) is 14.2 Å². The zero-order valence-electron chi connectivity index (χ0n) is 16.3. The maximum absolute atomic E-state index is 14.2. The summed E-state index contributed by atoms with van der Waals surface area (Å²) in [4.78, 5) is 12.6. The van der Waals surface area contributed by atoms with E-state index in [1.165, 1.54) is 13.2 Å². The van der Waals surface area contributed by atoms with Gasteiger partial charge in [-0.2, -0.15) is 10.2 Å². The van der Waals surface area contributed by atoms with Crippen molar-refractivity contribution in [2.24, 2.45) is 7.05 Å². The molecule has 4 aromatic rings. The van der Waals surface area contributed by atoms with Crippen molar-refractivity contribution in [3.8, 4) is 17.0 Å². The number of hydrogen-bond acceptors (Lipinski definition) is 4. The van der Waals surface area contributed by atoms with Crippen LogP contribution in [0.15, 0.2) is 48.5 Å². The minimum Gasteiger partial charge on any atom is -0.494 e. The number of ether oxygens (including phenoxy) is 1. The summed E-state index contributed by atoms with van der Waals surface area (Å²) in [6, 6.07) is 14.0. The highest BCUT2D eigenvalue weighted by atomic mass is 19.1. The molecule has 0 aliphatic carbocycles. The number of aryl methyl sites for hydroxylation is 2. The van der Waals surface area contributed by atoms with Gasteiger partial charge in [0, 0.05) is 24.1 Å². The molecule has 7 nitrogen and oxygen atoms in total. The van der Waals surface area contributed by atoms with Gasteiger partial charge in [-0.15, -0.1) is 0 Å². The average molecular weight is 393 g/mol. The fourth-order valence-electron chi connectivity index (χ4n) is 3.32. The summed E-state index contributed by atoms with van der Waals surface area (Å²) in [5, 5.41) is 12.5. The zero-order chi connectivity index (χ0) is 20.5. The first-order valence-electron chi connectivity index (χ1n) is 9.06. The van der Waals surface area contributed by atoms with E-state index in [4.69, 9.17) is 4.74 Å². The molecule has 0 spiro atoms. The van der Waals surface area contributed by atoms with Crippen molar-refractivity contribution in [3.05, 3.63) is 60.0 Å². The van der Waals surface area contributed by atoms with Crippen LogP contribution in [-0.2, 0) is 18.4 Å². The number of methoxy groups -OCH3 is 1. The SMILES string of the molecule is COc1ccc(-c2nn(CC(=O)Nc3cc(C)nn3C)c3ccccc23)cc1F. The van der Waals surface area contributed by atoms with Gasteiger partial charge >= 0.3 is 0 Å². The van der Waals surface area contributed by atoms with E-state index in [0.29, 0.717) is 17.1 Å². The van der Waals surface area contributed by atoms with Crippen LogP contribution in [0, 0.1) is 12.7 Å². The largest absolute Gasteiger partial charge is 0.494 e. The van der Waals surface area contributed by atoms with Crippen molar-refractivity contribution in [1.82, 2.24) is 19.6 Å². The van der Waals surface area contributed by atoms with Crippen molar-refractivity contribution >= 4 is 22.6 Å². The molecule has 2 heterocycles. The topological polar surface area (TPSA) is 74.0 Å². The average Bonchev–Trinajstić information content (AvgIpc) is 3.21. The molecule has 0 fully saturated rings. The summed E-state index contributed by atoms with van der Waals surface area (Å²) in [7, 11) is 3.19. The number of anilines is 1. The maximum Gasteiger partial charge on any atom is 0.247 e. The molecule has 4 rings (SSSR count). The summed E-state index contributed by atoms with van der Waals surface area (Å²) in [5.74, 6) is 0.0893. The van der Waals surface area contributed by atoms with Crippen molar-refractivity contribution in [3.63, 3.8) is 0 Å². The van der Waals surface area contributed by atoms with E-state index in [-0.39, 0.29) is 18.2 Å². The van der Waals surface area contributed by atoms with Crippen molar-refractivity contribution in [2.45, 2.75) is 13.5 Å². The first-order valence-corrected chi connectivity index (χ1v) is 9.06. The number of carbonyl (C=O) groups excluding carboxylic acids is 1. The monoisotopic (exact) mass is 393 g/mol. The van der Waals surface area contributed by atoms with Gasteiger partial charge < -0.3 is 10.1 Å². The van der Waals surface area contributed by atoms with Gasteiger partial charge in [-0.05, 0) is 31.2 Å². The molecule has 0 aliphatic heterocycles. The number of nitrogens with one attached hydrogen (secondary N) is 1. The summed E-state index contributed by atoms with van der Waals surface area (Å²) in [6.45, 7) is 1.88. The molecule has 29 heavy (non-hydrogen) atoms. The van der Waals surface area contributed by atoms with E-state index < -0.39 is 5.82 Å². The van der Waals surface area contributed by atoms with Gasteiger partial charge in [-0.25, -0.2) is 4.39 Å². The van der Waals surface area contributed by atoms with Crippen LogP contribution in [0.1, 0.15) is 5.69 Å². The lowest BCUT2D eigenvalue weighted by atomic mass is 10.1. The van der Waals surface area contributed by atoms with E-state index in [9.17, 15) is 9.18 Å². The lowest BCUT2D eigenvalue weighted by molar-refractivity contribution is -0.116. The molecule has 148 valence electrons. The number of aromatic nitrogens is 4. The van der Waals surface area contributed by atoms with Gasteiger partial charge in [0.25, 0.3) is 0 Å². The molecule has 0 atom stereocenters. The standard InChI is InChI=1S/C21H20FN5O2/c1-13-10-19(26(2)24-13)23-20(28)12-27-17-7-5-4-6-15(17)21(25-27)14-8-9-18(29-3)16(22)11-14/h4-11H,12H2,1-3H3,(H,23,28). The van der Waals surface area contributed by atoms with Crippen LogP contribution < -0.4 is 10.1 Å². The molecule has 1 N–H and O–H groups in total. The van der Waals surface area contributed by atoms with Gasteiger partial charge in [-0.1, -0.05) is 18.2 Å². The second kappa shape index (κ2) is 7.38. The van der Waals surface area contributed by atoms with Crippen LogP contribution in [0.5, 0.6) is 5.75 Å². The smallest absolute Gasteiger partial charge is 0.247 e. The lowest BCUT2D eigenvalue weighted by Crippen LogP contribution is -2.21. The molecule has 0 bridgehead atoms. The number of hydrogen-bond donors (Lipinski definition) is 1. The molecule has 1 amide bonds. The second-order valence-corrected chi connectivity index (χ2v) is 6.72. The minimum atomic E-state index is -0.465. The molecule has 2 aromatic heterocycles. The fraction of sp³-hybridized carbons (Fsp3) is 0.190. The number of carbonyl (C=O) groups is 1. The molecule has 0 aliphatic rings. The Morgan fingerprint density at radius 1 is 1.17 bits per heavy atom. The third kappa shape index (κ3) is 3.56. The van der Waals surface area contributed by atoms with Crippen LogP contribution in [-0.4, -0.2) is 32.6 Å². The Morgan fingerprint density at radius 2 is 1.97 bits per heavy atom. The predicted octanol–water partition coefficient (Wildman–Crippen LogP) is 3.53. The number of fused-ring (bicyclic) bond motifs is 1. The number of para-hydroxylation sites is 1. The summed E-state index contributed by atoms with van der Waals surface area (Å²) >= 11 is 0. The molecule has 0 unspecified atom stereocenters. The Bertz CT molecular complexity index is 1210. The number of rotatable bonds is 5. The number of amides is 1. The highest BCUT2D eigenvalue weighted by Gasteiger charge is 2.16. The Morgan fingerprint density at radius 3 is 2.66 bits per heavy atom. The second-order valence-electron chi connectivity index (χ2n) is 6.72. The molecule has 2 aromatic carbocycles. The Labute approximate surface area is 166 Å². The molecular weight excluding hydrogens is 373 g/mol. The summed E-state index contributed by atoms with van der Waals surface area (Å²) in [5.41, 5.74) is 2.82. The number of benzene rings is 2. The van der Waals surface area contributed by atoms with Crippen molar-refractivity contribution in [1.29, 1.82) is 0 Å². The maximum atomic E-state index is 14.2. The summed E-state index contributed by atoms with van der Waals surface area (Å²) in [6.07, 6.45) is 0. The first-order chi connectivity index (χ1) is 14.0. The zero-order valence-corrected chi connectivity index (χ0v) is 16.3. The third-order valence-corrected chi connectivity index (χ3v) is 4.65. The Balaban J connectivity index is 1.68. The van der Waals surface area contributed by atoms with Gasteiger partial charge in [0.2, 0.25) is 5.91 Å².